The highest BCUT2D eigenvalue weighted by atomic mass is 79.9. The summed E-state index contributed by atoms with van der Waals surface area (Å²) in [5, 5.41) is 0.768. The Morgan fingerprint density at radius 1 is 1.56 bits per heavy atom. The molecule has 1 aliphatic heterocycles. The normalized spacial score (nSPS) is 20.7. The van der Waals surface area contributed by atoms with Crippen LogP contribution in [0.4, 0.5) is 0 Å². The van der Waals surface area contributed by atoms with Crippen LogP contribution in [0.2, 0.25) is 0 Å². The molecule has 1 fully saturated rings. The predicted octanol–water partition coefficient (Wildman–Crippen LogP) is 3.53. The third-order valence-electron chi connectivity index (χ3n) is 3.03. The number of halogens is 1. The van der Waals surface area contributed by atoms with Crippen LogP contribution in [-0.4, -0.2) is 20.4 Å². The van der Waals surface area contributed by atoms with Gasteiger partial charge in [-0.2, -0.15) is 11.8 Å². The smallest absolute Gasteiger partial charge is 0.114 e. The number of rotatable bonds is 2. The van der Waals surface area contributed by atoms with E-state index in [0.717, 1.165) is 16.1 Å². The van der Waals surface area contributed by atoms with Crippen molar-refractivity contribution in [1.82, 2.24) is 9.38 Å². The molecule has 2 aromatic rings. The molecule has 1 saturated heterocycles. The van der Waals surface area contributed by atoms with Crippen molar-refractivity contribution >= 4 is 33.2 Å². The van der Waals surface area contributed by atoms with Gasteiger partial charge in [-0.25, -0.2) is 4.98 Å². The van der Waals surface area contributed by atoms with Gasteiger partial charge in [0.15, 0.2) is 0 Å². The summed E-state index contributed by atoms with van der Waals surface area (Å²) in [6, 6.07) is 4.12. The standard InChI is InChI=1S/C12H13BrN2S/c13-10-4-1-5-15-11(10)8-14-12(15)7-9-3-2-6-16-9/h1,4-5,8-9H,2-3,6-7H2. The quantitative estimate of drug-likeness (QED) is 0.843. The van der Waals surface area contributed by atoms with Crippen LogP contribution in [0.3, 0.4) is 0 Å². The van der Waals surface area contributed by atoms with E-state index in [4.69, 9.17) is 0 Å². The van der Waals surface area contributed by atoms with Crippen LogP contribution in [0.25, 0.3) is 5.52 Å². The minimum Gasteiger partial charge on any atom is -0.303 e. The van der Waals surface area contributed by atoms with Gasteiger partial charge < -0.3 is 4.40 Å². The van der Waals surface area contributed by atoms with E-state index < -0.39 is 0 Å². The van der Waals surface area contributed by atoms with Crippen molar-refractivity contribution in [2.45, 2.75) is 24.5 Å². The Kier molecular flexibility index (Phi) is 2.94. The van der Waals surface area contributed by atoms with Crippen LogP contribution in [0.15, 0.2) is 29.0 Å². The zero-order valence-electron chi connectivity index (χ0n) is 8.90. The van der Waals surface area contributed by atoms with Crippen LogP contribution < -0.4 is 0 Å². The molecule has 0 bridgehead atoms. The van der Waals surface area contributed by atoms with Gasteiger partial charge in [-0.3, -0.25) is 0 Å². The molecular weight excluding hydrogens is 284 g/mol. The second-order valence-corrected chi connectivity index (χ2v) is 6.39. The van der Waals surface area contributed by atoms with E-state index >= 15 is 0 Å². The first-order chi connectivity index (χ1) is 7.84. The third kappa shape index (κ3) is 1.89. The molecule has 3 rings (SSSR count). The van der Waals surface area contributed by atoms with E-state index in [1.165, 1.54) is 29.9 Å². The second-order valence-electron chi connectivity index (χ2n) is 4.12. The summed E-state index contributed by atoms with van der Waals surface area (Å²) < 4.78 is 3.32. The molecule has 0 amide bonds. The van der Waals surface area contributed by atoms with Crippen molar-refractivity contribution in [3.8, 4) is 0 Å². The van der Waals surface area contributed by atoms with Crippen molar-refractivity contribution in [3.05, 3.63) is 34.8 Å². The first-order valence-corrected chi connectivity index (χ1v) is 7.41. The molecule has 16 heavy (non-hydrogen) atoms. The number of hydrogen-bond acceptors (Lipinski definition) is 2. The second kappa shape index (κ2) is 4.41. The number of imidazole rings is 1. The maximum atomic E-state index is 4.54. The van der Waals surface area contributed by atoms with E-state index in [1.807, 2.05) is 6.20 Å². The molecule has 84 valence electrons. The van der Waals surface area contributed by atoms with E-state index in [2.05, 4.69) is 55.4 Å². The maximum Gasteiger partial charge on any atom is 0.114 e. The molecule has 1 unspecified atom stereocenters. The van der Waals surface area contributed by atoms with Gasteiger partial charge in [0.05, 0.1) is 11.7 Å². The molecule has 0 N–H and O–H groups in total. The van der Waals surface area contributed by atoms with Crippen molar-refractivity contribution in [2.24, 2.45) is 0 Å². The predicted molar refractivity (Wildman–Crippen MR) is 72.1 cm³/mol. The SMILES string of the molecule is Brc1cccn2c(CC3CCCS3)ncc12. The highest BCUT2D eigenvalue weighted by Crippen LogP contribution is 2.29. The Balaban J connectivity index is 1.94. The number of fused-ring (bicyclic) bond motifs is 1. The summed E-state index contributed by atoms with van der Waals surface area (Å²) in [5.41, 5.74) is 1.17. The largest absolute Gasteiger partial charge is 0.303 e. The Morgan fingerprint density at radius 2 is 2.50 bits per heavy atom. The first kappa shape index (κ1) is 10.7. The van der Waals surface area contributed by atoms with Crippen molar-refractivity contribution < 1.29 is 0 Å². The van der Waals surface area contributed by atoms with Gasteiger partial charge in [0.2, 0.25) is 0 Å². The summed E-state index contributed by atoms with van der Waals surface area (Å²) in [6.45, 7) is 0. The van der Waals surface area contributed by atoms with Gasteiger partial charge in [-0.05, 0) is 46.7 Å². The van der Waals surface area contributed by atoms with E-state index in [0.29, 0.717) is 0 Å². The zero-order valence-corrected chi connectivity index (χ0v) is 11.3. The van der Waals surface area contributed by atoms with Gasteiger partial charge in [0, 0.05) is 22.3 Å². The zero-order chi connectivity index (χ0) is 11.0. The van der Waals surface area contributed by atoms with Crippen LogP contribution in [0, 0.1) is 0 Å². The Hall–Kier alpha value is -0.480. The van der Waals surface area contributed by atoms with Crippen LogP contribution in [-0.2, 0) is 6.42 Å². The molecule has 2 aromatic heterocycles. The molecule has 4 heteroatoms. The lowest BCUT2D eigenvalue weighted by molar-refractivity contribution is 0.743. The molecule has 1 atom stereocenters. The molecule has 0 aliphatic carbocycles. The summed E-state index contributed by atoms with van der Waals surface area (Å²) >= 11 is 5.65. The number of thioether (sulfide) groups is 1. The highest BCUT2D eigenvalue weighted by Gasteiger charge is 2.18. The summed E-state index contributed by atoms with van der Waals surface area (Å²) in [5.74, 6) is 2.51. The fraction of sp³-hybridized carbons (Fsp3) is 0.417. The van der Waals surface area contributed by atoms with Crippen molar-refractivity contribution in [3.63, 3.8) is 0 Å². The average molecular weight is 297 g/mol. The van der Waals surface area contributed by atoms with Gasteiger partial charge in [-0.1, -0.05) is 0 Å². The van der Waals surface area contributed by atoms with Gasteiger partial charge in [0.1, 0.15) is 5.82 Å². The average Bonchev–Trinajstić information content (AvgIpc) is 2.90. The minimum atomic E-state index is 0.768. The number of nitrogens with zero attached hydrogens (tertiary/aromatic N) is 2. The third-order valence-corrected chi connectivity index (χ3v) is 5.10. The van der Waals surface area contributed by atoms with Crippen molar-refractivity contribution in [1.29, 1.82) is 0 Å². The van der Waals surface area contributed by atoms with Gasteiger partial charge in [0.25, 0.3) is 0 Å². The first-order valence-electron chi connectivity index (χ1n) is 5.56. The molecule has 0 saturated carbocycles. The molecule has 0 spiro atoms. The fourth-order valence-electron chi connectivity index (χ4n) is 2.20. The Bertz CT molecular complexity index is 503. The lowest BCUT2D eigenvalue weighted by Gasteiger charge is -2.07. The van der Waals surface area contributed by atoms with Crippen molar-refractivity contribution in [2.75, 3.05) is 5.75 Å². The monoisotopic (exact) mass is 296 g/mol. The molecular formula is C12H13BrN2S. The van der Waals surface area contributed by atoms with Crippen LogP contribution >= 0.6 is 27.7 Å². The lowest BCUT2D eigenvalue weighted by atomic mass is 10.2. The summed E-state index contributed by atoms with van der Waals surface area (Å²) in [6.07, 6.45) is 7.85. The summed E-state index contributed by atoms with van der Waals surface area (Å²) in [7, 11) is 0. The van der Waals surface area contributed by atoms with Gasteiger partial charge in [-0.15, -0.1) is 0 Å². The maximum absolute atomic E-state index is 4.54. The molecule has 3 heterocycles. The number of hydrogen-bond donors (Lipinski definition) is 0. The number of pyridine rings is 1. The fourth-order valence-corrected chi connectivity index (χ4v) is 3.91. The van der Waals surface area contributed by atoms with Crippen LogP contribution in [0.5, 0.6) is 0 Å². The topological polar surface area (TPSA) is 17.3 Å². The van der Waals surface area contributed by atoms with Gasteiger partial charge >= 0.3 is 0 Å². The van der Waals surface area contributed by atoms with E-state index in [9.17, 15) is 0 Å². The Labute approximate surface area is 108 Å². The summed E-state index contributed by atoms with van der Waals surface area (Å²) in [4.78, 5) is 4.54. The molecule has 0 aromatic carbocycles. The number of aromatic nitrogens is 2. The molecule has 1 aliphatic rings. The lowest BCUT2D eigenvalue weighted by Crippen LogP contribution is -2.05. The highest BCUT2D eigenvalue weighted by molar-refractivity contribution is 9.10. The van der Waals surface area contributed by atoms with E-state index in [1.54, 1.807) is 0 Å². The Morgan fingerprint density at radius 3 is 3.31 bits per heavy atom. The molecule has 2 nitrogen and oxygen atoms in total. The molecule has 0 radical (unpaired) electrons. The van der Waals surface area contributed by atoms with E-state index in [-0.39, 0.29) is 0 Å². The minimum absolute atomic E-state index is 0.768. The van der Waals surface area contributed by atoms with Crippen LogP contribution in [0.1, 0.15) is 18.7 Å².